The van der Waals surface area contributed by atoms with E-state index in [9.17, 15) is 4.79 Å². The van der Waals surface area contributed by atoms with Crippen molar-refractivity contribution < 1.29 is 9.53 Å². The van der Waals surface area contributed by atoms with Crippen molar-refractivity contribution in [2.45, 2.75) is 39.5 Å². The molecule has 0 aliphatic carbocycles. The summed E-state index contributed by atoms with van der Waals surface area (Å²) in [5.41, 5.74) is 3.20. The zero-order valence-corrected chi connectivity index (χ0v) is 21.2. The molecule has 1 heterocycles. The zero-order valence-electron chi connectivity index (χ0n) is 17.2. The Balaban J connectivity index is 1.48. The molecule has 3 rings (SSSR count). The minimum atomic E-state index is -0.0519. The molecule has 1 amide bonds. The average Bonchev–Trinajstić information content (AvgIpc) is 3.06. The van der Waals surface area contributed by atoms with Crippen molar-refractivity contribution >= 4 is 54.2 Å². The Hall–Kier alpha value is -1.70. The van der Waals surface area contributed by atoms with Gasteiger partial charge in [0.2, 0.25) is 5.91 Å². The van der Waals surface area contributed by atoms with Crippen molar-refractivity contribution in [3.63, 3.8) is 0 Å². The fourth-order valence-electron chi connectivity index (χ4n) is 2.92. The highest BCUT2D eigenvalue weighted by atomic mass is 79.9. The summed E-state index contributed by atoms with van der Waals surface area (Å²) in [6.07, 6.45) is 1.02. The molecular formula is C23H24Br2N2O2S. The van der Waals surface area contributed by atoms with Crippen molar-refractivity contribution in [3.8, 4) is 17.0 Å². The first kappa shape index (κ1) is 23.0. The topological polar surface area (TPSA) is 51.2 Å². The van der Waals surface area contributed by atoms with Gasteiger partial charge in [0.1, 0.15) is 5.75 Å². The van der Waals surface area contributed by atoms with Crippen LogP contribution in [-0.2, 0) is 4.79 Å². The summed E-state index contributed by atoms with van der Waals surface area (Å²) in [6, 6.07) is 14.1. The smallest absolute Gasteiger partial charge is 0.226 e. The molecule has 7 heteroatoms. The highest BCUT2D eigenvalue weighted by Gasteiger charge is 2.12. The van der Waals surface area contributed by atoms with E-state index < -0.39 is 0 Å². The van der Waals surface area contributed by atoms with Crippen molar-refractivity contribution in [2.75, 3.05) is 11.9 Å². The number of hydrogen-bond acceptors (Lipinski definition) is 4. The van der Waals surface area contributed by atoms with Crippen molar-refractivity contribution in [2.24, 2.45) is 0 Å². The number of nitrogens with zero attached hydrogens (tertiary/aromatic N) is 1. The number of thiazole rings is 1. The van der Waals surface area contributed by atoms with Crippen molar-refractivity contribution in [1.29, 1.82) is 0 Å². The molecule has 0 aliphatic heterocycles. The number of halogens is 2. The molecule has 0 radical (unpaired) electrons. The molecule has 0 saturated carbocycles. The van der Waals surface area contributed by atoms with Gasteiger partial charge in [0, 0.05) is 21.3 Å². The number of aryl methyl sites for hydroxylation is 1. The van der Waals surface area contributed by atoms with Crippen LogP contribution in [-0.4, -0.2) is 17.5 Å². The second kappa shape index (κ2) is 10.6. The molecule has 1 N–H and O–H groups in total. The van der Waals surface area contributed by atoms with E-state index in [1.807, 2.05) is 37.3 Å². The molecule has 0 aliphatic rings. The predicted octanol–water partition coefficient (Wildman–Crippen LogP) is 7.56. The summed E-state index contributed by atoms with van der Waals surface area (Å²) in [4.78, 5) is 18.0. The van der Waals surface area contributed by atoms with E-state index in [0.717, 1.165) is 30.8 Å². The van der Waals surface area contributed by atoms with Crippen LogP contribution in [0.25, 0.3) is 11.3 Å². The molecule has 2 aromatic carbocycles. The summed E-state index contributed by atoms with van der Waals surface area (Å²) < 4.78 is 7.79. The third-order valence-corrected chi connectivity index (χ3v) is 6.62. The van der Waals surface area contributed by atoms with Gasteiger partial charge in [0.05, 0.1) is 16.8 Å². The predicted molar refractivity (Wildman–Crippen MR) is 132 cm³/mol. The fraction of sp³-hybridized carbons (Fsp3) is 0.304. The number of ether oxygens (including phenoxy) is 1. The number of rotatable bonds is 8. The van der Waals surface area contributed by atoms with E-state index in [1.54, 1.807) is 0 Å². The molecule has 0 unspecified atom stereocenters. The number of carbonyl (C=O) groups is 1. The molecule has 0 bridgehead atoms. The molecule has 158 valence electrons. The normalized spacial score (nSPS) is 11.0. The van der Waals surface area contributed by atoms with E-state index in [0.29, 0.717) is 30.5 Å². The van der Waals surface area contributed by atoms with E-state index in [4.69, 9.17) is 4.74 Å². The lowest BCUT2D eigenvalue weighted by molar-refractivity contribution is -0.116. The van der Waals surface area contributed by atoms with E-state index in [2.05, 4.69) is 68.1 Å². The van der Waals surface area contributed by atoms with Crippen LogP contribution >= 0.6 is 43.2 Å². The molecule has 0 atom stereocenters. The summed E-state index contributed by atoms with van der Waals surface area (Å²) in [6.45, 7) is 6.81. The van der Waals surface area contributed by atoms with Gasteiger partial charge in [0.15, 0.2) is 5.13 Å². The zero-order chi connectivity index (χ0) is 21.7. The van der Waals surface area contributed by atoms with E-state index in [1.165, 1.54) is 16.9 Å². The minimum absolute atomic E-state index is 0.0519. The number of benzene rings is 2. The number of anilines is 1. The van der Waals surface area contributed by atoms with Gasteiger partial charge in [-0.25, -0.2) is 4.98 Å². The van der Waals surface area contributed by atoms with Crippen LogP contribution in [0.2, 0.25) is 0 Å². The van der Waals surface area contributed by atoms with E-state index in [-0.39, 0.29) is 5.91 Å². The van der Waals surface area contributed by atoms with Gasteiger partial charge in [-0.05, 0) is 65.0 Å². The fourth-order valence-corrected chi connectivity index (χ4v) is 4.54. The van der Waals surface area contributed by atoms with Crippen molar-refractivity contribution in [1.82, 2.24) is 4.98 Å². The summed E-state index contributed by atoms with van der Waals surface area (Å²) in [5.74, 6) is 1.22. The van der Waals surface area contributed by atoms with Crippen LogP contribution in [0.4, 0.5) is 5.13 Å². The van der Waals surface area contributed by atoms with Gasteiger partial charge in [-0.1, -0.05) is 48.0 Å². The van der Waals surface area contributed by atoms with Gasteiger partial charge >= 0.3 is 0 Å². The second-order valence-corrected chi connectivity index (χ2v) is 10.2. The number of amides is 1. The second-order valence-electron chi connectivity index (χ2n) is 7.28. The molecule has 1 aromatic heterocycles. The molecule has 4 nitrogen and oxygen atoms in total. The quantitative estimate of drug-likeness (QED) is 0.294. The Morgan fingerprint density at radius 3 is 2.57 bits per heavy atom. The van der Waals surface area contributed by atoms with Gasteiger partial charge < -0.3 is 10.1 Å². The SMILES string of the molecule is Cc1sc(NC(=O)CCCOc2ccc(C(C)C)cc2Br)nc1-c1ccc(Br)cc1. The molecule has 0 spiro atoms. The van der Waals surface area contributed by atoms with Crippen molar-refractivity contribution in [3.05, 3.63) is 61.9 Å². The monoisotopic (exact) mass is 550 g/mol. The third-order valence-electron chi connectivity index (χ3n) is 4.59. The summed E-state index contributed by atoms with van der Waals surface area (Å²) >= 11 is 8.49. The number of nitrogens with one attached hydrogen (secondary N) is 1. The van der Waals surface area contributed by atoms with Crippen LogP contribution in [0.1, 0.15) is 43.0 Å². The van der Waals surface area contributed by atoms with Gasteiger partial charge in [-0.2, -0.15) is 0 Å². The maximum absolute atomic E-state index is 12.3. The van der Waals surface area contributed by atoms with Gasteiger partial charge in [0.25, 0.3) is 0 Å². The van der Waals surface area contributed by atoms with Crippen LogP contribution in [0.3, 0.4) is 0 Å². The Kier molecular flexibility index (Phi) is 8.08. The Labute approximate surface area is 198 Å². The highest BCUT2D eigenvalue weighted by molar-refractivity contribution is 9.10. The molecule has 0 saturated heterocycles. The minimum Gasteiger partial charge on any atom is -0.492 e. The molecule has 3 aromatic rings. The summed E-state index contributed by atoms with van der Waals surface area (Å²) in [5, 5.41) is 3.54. The first-order valence-corrected chi connectivity index (χ1v) is 12.2. The maximum atomic E-state index is 12.3. The van der Waals surface area contributed by atoms with Gasteiger partial charge in [-0.3, -0.25) is 4.79 Å². The standard InChI is InChI=1S/C23H24Br2N2O2S/c1-14(2)17-8-11-20(19(25)13-17)29-12-4-5-21(28)26-23-27-22(15(3)30-23)16-6-9-18(24)10-7-16/h6-11,13-14H,4-5,12H2,1-3H3,(H,26,27,28). The van der Waals surface area contributed by atoms with Crippen LogP contribution in [0, 0.1) is 6.92 Å². The number of aromatic nitrogens is 1. The first-order valence-electron chi connectivity index (χ1n) is 9.79. The maximum Gasteiger partial charge on any atom is 0.226 e. The lowest BCUT2D eigenvalue weighted by Gasteiger charge is -2.11. The summed E-state index contributed by atoms with van der Waals surface area (Å²) in [7, 11) is 0. The third kappa shape index (κ3) is 6.15. The Bertz CT molecular complexity index is 1020. The lowest BCUT2D eigenvalue weighted by Crippen LogP contribution is -2.12. The van der Waals surface area contributed by atoms with E-state index >= 15 is 0 Å². The molecule has 0 fully saturated rings. The lowest BCUT2D eigenvalue weighted by atomic mass is 10.0. The van der Waals surface area contributed by atoms with Crippen LogP contribution in [0.5, 0.6) is 5.75 Å². The largest absolute Gasteiger partial charge is 0.492 e. The van der Waals surface area contributed by atoms with Gasteiger partial charge in [-0.15, -0.1) is 11.3 Å². The Morgan fingerprint density at radius 1 is 1.17 bits per heavy atom. The van der Waals surface area contributed by atoms with Crippen LogP contribution in [0.15, 0.2) is 51.4 Å². The number of hydrogen-bond donors (Lipinski definition) is 1. The number of carbonyl (C=O) groups excluding carboxylic acids is 1. The molecule has 30 heavy (non-hydrogen) atoms. The molecular weight excluding hydrogens is 528 g/mol. The Morgan fingerprint density at radius 2 is 1.90 bits per heavy atom. The first-order chi connectivity index (χ1) is 14.3. The van der Waals surface area contributed by atoms with Crippen LogP contribution < -0.4 is 10.1 Å². The average molecular weight is 552 g/mol. The highest BCUT2D eigenvalue weighted by Crippen LogP contribution is 2.31.